The van der Waals surface area contributed by atoms with Crippen LogP contribution < -0.4 is 20.4 Å². The standard InChI is InChI=1S/2C22H20F6N2O2/c1-9(2)11-6-5-7-12(10(3)4)19(11)30-20(31)13-14(21(30)32)18(29-8-22(26,27)28)17(25)16(24)15(13)23;1-9(2)11-6-5-7-12(10(3)4)19(11)30-20(31)13-14(21(30)32)16(24)18(17(25)15(13)23)29-8-22(26,27)28/h2*5-7,9-10,29H,8H2,1-4H3. The summed E-state index contributed by atoms with van der Waals surface area (Å²) in [6.07, 6.45) is -9.70. The number of imide groups is 2. The summed E-state index contributed by atoms with van der Waals surface area (Å²) in [4.78, 5) is 53.7. The number of nitrogens with zero attached hydrogens (tertiary/aromatic N) is 2. The van der Waals surface area contributed by atoms with Crippen LogP contribution in [0.5, 0.6) is 0 Å². The van der Waals surface area contributed by atoms with E-state index in [2.05, 4.69) is 0 Å². The van der Waals surface area contributed by atoms with Crippen LogP contribution in [0.1, 0.15) is 143 Å². The van der Waals surface area contributed by atoms with Crippen molar-refractivity contribution in [3.8, 4) is 0 Å². The summed E-state index contributed by atoms with van der Waals surface area (Å²) in [7, 11) is 0. The highest BCUT2D eigenvalue weighted by atomic mass is 19.4. The third-order valence-electron chi connectivity index (χ3n) is 10.4. The molecule has 2 aliphatic heterocycles. The highest BCUT2D eigenvalue weighted by Gasteiger charge is 2.48. The van der Waals surface area contributed by atoms with E-state index in [4.69, 9.17) is 0 Å². The van der Waals surface area contributed by atoms with E-state index in [1.54, 1.807) is 97.1 Å². The largest absolute Gasteiger partial charge is 0.405 e. The molecule has 0 aromatic heterocycles. The Morgan fingerprint density at radius 1 is 0.422 bits per heavy atom. The van der Waals surface area contributed by atoms with Crippen molar-refractivity contribution in [2.24, 2.45) is 0 Å². The maximum atomic E-state index is 15.0. The van der Waals surface area contributed by atoms with Crippen molar-refractivity contribution in [3.63, 3.8) is 0 Å². The summed E-state index contributed by atoms with van der Waals surface area (Å²) < 4.78 is 163. The van der Waals surface area contributed by atoms with Crippen LogP contribution in [0.2, 0.25) is 0 Å². The first kappa shape index (κ1) is 48.9. The molecule has 0 aliphatic carbocycles. The molecule has 0 fully saturated rings. The first-order chi connectivity index (χ1) is 29.5. The van der Waals surface area contributed by atoms with Crippen LogP contribution in [-0.4, -0.2) is 49.1 Å². The Morgan fingerprint density at radius 3 is 1.05 bits per heavy atom. The van der Waals surface area contributed by atoms with Crippen molar-refractivity contribution in [1.29, 1.82) is 0 Å². The number of rotatable bonds is 10. The van der Waals surface area contributed by atoms with Gasteiger partial charge in [-0.2, -0.15) is 26.3 Å². The van der Waals surface area contributed by atoms with Gasteiger partial charge in [0.15, 0.2) is 34.9 Å². The molecule has 344 valence electrons. The number of hydrogen-bond acceptors (Lipinski definition) is 6. The number of halogens is 12. The number of benzene rings is 4. The third kappa shape index (κ3) is 8.87. The van der Waals surface area contributed by atoms with Gasteiger partial charge in [0.2, 0.25) is 0 Å². The minimum Gasteiger partial charge on any atom is -0.373 e. The lowest BCUT2D eigenvalue weighted by Gasteiger charge is -2.25. The second-order valence-corrected chi connectivity index (χ2v) is 16.2. The molecule has 2 aliphatic rings. The van der Waals surface area contributed by atoms with Gasteiger partial charge in [0.25, 0.3) is 23.6 Å². The first-order valence-corrected chi connectivity index (χ1v) is 19.6. The number of carbonyl (C=O) groups is 4. The van der Waals surface area contributed by atoms with Crippen molar-refractivity contribution >= 4 is 46.4 Å². The molecule has 64 heavy (non-hydrogen) atoms. The van der Waals surface area contributed by atoms with Crippen LogP contribution in [0.4, 0.5) is 75.4 Å². The predicted molar refractivity (Wildman–Crippen MR) is 213 cm³/mol. The van der Waals surface area contributed by atoms with E-state index in [-0.39, 0.29) is 35.0 Å². The summed E-state index contributed by atoms with van der Waals surface area (Å²) in [5.74, 6) is -17.6. The molecule has 20 heteroatoms. The van der Waals surface area contributed by atoms with Gasteiger partial charge in [-0.05, 0) is 45.9 Å². The summed E-state index contributed by atoms with van der Waals surface area (Å²) in [5.41, 5.74) is -4.55. The fourth-order valence-corrected chi connectivity index (χ4v) is 7.41. The molecule has 0 unspecified atom stereocenters. The number of anilines is 4. The quantitative estimate of drug-likeness (QED) is 0.0712. The van der Waals surface area contributed by atoms with Gasteiger partial charge < -0.3 is 10.6 Å². The predicted octanol–water partition coefficient (Wildman–Crippen LogP) is 12.3. The molecular formula is C44H40F12N4O4. The van der Waals surface area contributed by atoms with Gasteiger partial charge in [-0.15, -0.1) is 0 Å². The van der Waals surface area contributed by atoms with E-state index in [1.807, 2.05) is 0 Å². The summed E-state index contributed by atoms with van der Waals surface area (Å²) >= 11 is 0. The maximum absolute atomic E-state index is 15.0. The molecule has 4 amide bonds. The van der Waals surface area contributed by atoms with Crippen molar-refractivity contribution in [3.05, 3.63) is 116 Å². The summed E-state index contributed by atoms with van der Waals surface area (Å²) in [6, 6.07) is 10.0. The lowest BCUT2D eigenvalue weighted by Crippen LogP contribution is -2.32. The minimum atomic E-state index is -4.86. The number of fused-ring (bicyclic) bond motifs is 2. The minimum absolute atomic E-state index is 0.130. The van der Waals surface area contributed by atoms with Crippen molar-refractivity contribution < 1.29 is 71.9 Å². The third-order valence-corrected chi connectivity index (χ3v) is 10.4. The Labute approximate surface area is 358 Å². The zero-order valence-electron chi connectivity index (χ0n) is 35.3. The molecule has 0 atom stereocenters. The Morgan fingerprint density at radius 2 is 0.703 bits per heavy atom. The van der Waals surface area contributed by atoms with Crippen molar-refractivity contribution in [1.82, 2.24) is 0 Å². The second-order valence-electron chi connectivity index (χ2n) is 16.2. The number of nitrogens with one attached hydrogen (secondary N) is 2. The first-order valence-electron chi connectivity index (χ1n) is 19.6. The van der Waals surface area contributed by atoms with Crippen LogP contribution >= 0.6 is 0 Å². The van der Waals surface area contributed by atoms with Crippen molar-refractivity contribution in [2.45, 2.75) is 91.4 Å². The second kappa shape index (κ2) is 17.8. The van der Waals surface area contributed by atoms with E-state index in [0.717, 1.165) is 0 Å². The van der Waals surface area contributed by atoms with E-state index in [9.17, 15) is 71.9 Å². The lowest BCUT2D eigenvalue weighted by molar-refractivity contribution is -0.116. The molecule has 6 rings (SSSR count). The lowest BCUT2D eigenvalue weighted by atomic mass is 9.92. The normalized spacial score (nSPS) is 14.1. The number of para-hydroxylation sites is 2. The maximum Gasteiger partial charge on any atom is 0.405 e. The molecule has 0 radical (unpaired) electrons. The fourth-order valence-electron chi connectivity index (χ4n) is 7.41. The van der Waals surface area contributed by atoms with Crippen LogP contribution in [0, 0.1) is 34.9 Å². The molecule has 4 aromatic carbocycles. The van der Waals surface area contributed by atoms with Crippen molar-refractivity contribution in [2.75, 3.05) is 33.5 Å². The molecular weight excluding hydrogens is 876 g/mol. The SMILES string of the molecule is CC(C)c1cccc(C(C)C)c1N1C(=O)c2c(F)c(F)c(F)c(NCC(F)(F)F)c2C1=O.CC(C)c1cccc(C(C)C)c1N1C(=O)c2c(F)c(F)c(NCC(F)(F)F)c(F)c2C1=O. The van der Waals surface area contributed by atoms with E-state index < -0.39 is 118 Å². The average Bonchev–Trinajstić information content (AvgIpc) is 3.61. The highest BCUT2D eigenvalue weighted by Crippen LogP contribution is 2.45. The van der Waals surface area contributed by atoms with Gasteiger partial charge in [0, 0.05) is 0 Å². The van der Waals surface area contributed by atoms with Gasteiger partial charge >= 0.3 is 12.4 Å². The Hall–Kier alpha value is -6.08. The topological polar surface area (TPSA) is 98.8 Å². The van der Waals surface area contributed by atoms with Crippen LogP contribution in [-0.2, 0) is 0 Å². The van der Waals surface area contributed by atoms with Crippen LogP contribution in [0.15, 0.2) is 36.4 Å². The molecule has 0 saturated heterocycles. The van der Waals surface area contributed by atoms with Gasteiger partial charge in [-0.25, -0.2) is 36.1 Å². The summed E-state index contributed by atoms with van der Waals surface area (Å²) in [5, 5.41) is 3.06. The Bertz CT molecular complexity index is 2510. The average molecular weight is 917 g/mol. The van der Waals surface area contributed by atoms with E-state index >= 15 is 0 Å². The zero-order valence-corrected chi connectivity index (χ0v) is 35.3. The highest BCUT2D eigenvalue weighted by molar-refractivity contribution is 6.37. The van der Waals surface area contributed by atoms with Crippen LogP contribution in [0.3, 0.4) is 0 Å². The van der Waals surface area contributed by atoms with Gasteiger partial charge in [0.05, 0.1) is 39.3 Å². The van der Waals surface area contributed by atoms with Crippen LogP contribution in [0.25, 0.3) is 0 Å². The molecule has 0 saturated carbocycles. The van der Waals surface area contributed by atoms with E-state index in [1.165, 1.54) is 5.32 Å². The van der Waals surface area contributed by atoms with Gasteiger partial charge in [-0.1, -0.05) is 91.8 Å². The number of carbonyl (C=O) groups excluding carboxylic acids is 4. The molecule has 0 spiro atoms. The number of hydrogen-bond donors (Lipinski definition) is 2. The zero-order chi connectivity index (χ0) is 48.2. The number of amides is 4. The molecule has 2 N–H and O–H groups in total. The summed E-state index contributed by atoms with van der Waals surface area (Å²) in [6.45, 7) is 10.6. The molecule has 0 bridgehead atoms. The fraction of sp³-hybridized carbons (Fsp3) is 0.364. The van der Waals surface area contributed by atoms with Gasteiger partial charge in [-0.3, -0.25) is 19.2 Å². The van der Waals surface area contributed by atoms with Gasteiger partial charge in [0.1, 0.15) is 18.8 Å². The smallest absolute Gasteiger partial charge is 0.373 e. The Balaban J connectivity index is 0.000000241. The Kier molecular flexibility index (Phi) is 13.6. The molecule has 2 heterocycles. The molecule has 8 nitrogen and oxygen atoms in total. The molecule has 4 aromatic rings. The van der Waals surface area contributed by atoms with E-state index in [0.29, 0.717) is 32.1 Å². The monoisotopic (exact) mass is 916 g/mol. The number of alkyl halides is 6.